The number of nitrogens with one attached hydrogen (secondary N) is 1. The first-order chi connectivity index (χ1) is 9.97. The molecule has 112 valence electrons. The van der Waals surface area contributed by atoms with E-state index in [0.717, 1.165) is 0 Å². The Bertz CT molecular complexity index is 666. The van der Waals surface area contributed by atoms with Gasteiger partial charge in [-0.05, 0) is 46.7 Å². The number of hydrogen-bond acceptors (Lipinski definition) is 2. The van der Waals surface area contributed by atoms with Gasteiger partial charge < -0.3 is 10.1 Å². The number of rotatable bonds is 4. The lowest BCUT2D eigenvalue weighted by atomic mass is 9.97. The largest absolute Gasteiger partial charge is 0.496 e. The zero-order chi connectivity index (χ0) is 15.6. The number of hydrogen-bond donors (Lipinski definition) is 1. The van der Waals surface area contributed by atoms with Crippen molar-refractivity contribution in [1.82, 2.24) is 5.32 Å². The summed E-state index contributed by atoms with van der Waals surface area (Å²) in [7, 11) is 3.20. The Morgan fingerprint density at radius 3 is 2.48 bits per heavy atom. The molecule has 1 atom stereocenters. The second-order valence-corrected chi connectivity index (χ2v) is 5.66. The van der Waals surface area contributed by atoms with Crippen molar-refractivity contribution in [2.75, 3.05) is 14.2 Å². The van der Waals surface area contributed by atoms with Crippen molar-refractivity contribution in [3.8, 4) is 5.75 Å². The summed E-state index contributed by atoms with van der Waals surface area (Å²) in [5.74, 6) is -0.447. The van der Waals surface area contributed by atoms with E-state index in [0.29, 0.717) is 21.3 Å². The Hall–Kier alpha value is -1.17. The monoisotopic (exact) mass is 375 g/mol. The Morgan fingerprint density at radius 1 is 1.19 bits per heavy atom. The second kappa shape index (κ2) is 6.73. The predicted molar refractivity (Wildman–Crippen MR) is 83.0 cm³/mol. The Morgan fingerprint density at radius 2 is 1.90 bits per heavy atom. The van der Waals surface area contributed by atoms with Crippen molar-refractivity contribution in [3.63, 3.8) is 0 Å². The first-order valence-corrected chi connectivity index (χ1v) is 7.30. The molecule has 0 aliphatic carbocycles. The van der Waals surface area contributed by atoms with E-state index in [4.69, 9.17) is 16.3 Å². The molecule has 21 heavy (non-hydrogen) atoms. The van der Waals surface area contributed by atoms with E-state index in [2.05, 4.69) is 21.2 Å². The highest BCUT2D eigenvalue weighted by Crippen LogP contribution is 2.36. The summed E-state index contributed by atoms with van der Waals surface area (Å²) in [5, 5.41) is 3.37. The number of halogens is 4. The van der Waals surface area contributed by atoms with Crippen LogP contribution in [-0.4, -0.2) is 14.2 Å². The van der Waals surface area contributed by atoms with Crippen molar-refractivity contribution in [1.29, 1.82) is 0 Å². The van der Waals surface area contributed by atoms with Gasteiger partial charge in [0.05, 0.1) is 17.6 Å². The van der Waals surface area contributed by atoms with Crippen LogP contribution in [0.5, 0.6) is 5.75 Å². The van der Waals surface area contributed by atoms with Crippen LogP contribution in [0.2, 0.25) is 5.02 Å². The van der Waals surface area contributed by atoms with Gasteiger partial charge in [-0.25, -0.2) is 8.78 Å². The van der Waals surface area contributed by atoms with Crippen LogP contribution < -0.4 is 10.1 Å². The molecule has 2 aromatic rings. The first-order valence-electron chi connectivity index (χ1n) is 6.13. The molecule has 0 fully saturated rings. The molecule has 0 radical (unpaired) electrons. The molecule has 0 saturated carbocycles. The lowest BCUT2D eigenvalue weighted by Gasteiger charge is -2.21. The Labute approximate surface area is 135 Å². The van der Waals surface area contributed by atoms with E-state index >= 15 is 0 Å². The van der Waals surface area contributed by atoms with E-state index in [1.54, 1.807) is 19.2 Å². The summed E-state index contributed by atoms with van der Waals surface area (Å²) in [6, 6.07) is 6.72. The number of methoxy groups -OCH3 is 1. The van der Waals surface area contributed by atoms with Gasteiger partial charge in [0.25, 0.3) is 0 Å². The summed E-state index contributed by atoms with van der Waals surface area (Å²) in [6.45, 7) is 0. The average Bonchev–Trinajstić information content (AvgIpc) is 2.45. The van der Waals surface area contributed by atoms with Crippen molar-refractivity contribution in [2.24, 2.45) is 0 Å². The summed E-state index contributed by atoms with van der Waals surface area (Å²) in [6.07, 6.45) is 0. The molecule has 0 saturated heterocycles. The minimum Gasteiger partial charge on any atom is -0.496 e. The molecule has 6 heteroatoms. The van der Waals surface area contributed by atoms with E-state index in [1.165, 1.54) is 25.3 Å². The highest BCUT2D eigenvalue weighted by atomic mass is 79.9. The maximum absolute atomic E-state index is 13.6. The van der Waals surface area contributed by atoms with E-state index in [9.17, 15) is 8.78 Å². The highest BCUT2D eigenvalue weighted by Gasteiger charge is 2.21. The topological polar surface area (TPSA) is 21.3 Å². The van der Waals surface area contributed by atoms with Gasteiger partial charge in [-0.2, -0.15) is 0 Å². The zero-order valence-electron chi connectivity index (χ0n) is 11.4. The van der Waals surface area contributed by atoms with Crippen LogP contribution in [0.15, 0.2) is 34.8 Å². The summed E-state index contributed by atoms with van der Waals surface area (Å²) in [5.41, 5.74) is 1.37. The molecule has 2 aromatic carbocycles. The van der Waals surface area contributed by atoms with E-state index in [-0.39, 0.29) is 11.1 Å². The van der Waals surface area contributed by atoms with Crippen molar-refractivity contribution < 1.29 is 13.5 Å². The van der Waals surface area contributed by atoms with Crippen LogP contribution >= 0.6 is 27.5 Å². The lowest BCUT2D eigenvalue weighted by molar-refractivity contribution is 0.401. The summed E-state index contributed by atoms with van der Waals surface area (Å²) >= 11 is 9.27. The lowest BCUT2D eigenvalue weighted by Crippen LogP contribution is -2.19. The fourth-order valence-electron chi connectivity index (χ4n) is 2.16. The standard InChI is InChI=1S/C15H13BrClF2NO/c1-20-15(9-4-3-8(18)5-12(9)17)10-6-11(16)13(19)7-14(10)21-2/h3-7,15,20H,1-2H3. The predicted octanol–water partition coefficient (Wildman–Crippen LogP) is 4.70. The van der Waals surface area contributed by atoms with Crippen LogP contribution in [0.4, 0.5) is 8.78 Å². The van der Waals surface area contributed by atoms with Gasteiger partial charge in [-0.1, -0.05) is 17.7 Å². The maximum Gasteiger partial charge on any atom is 0.141 e. The van der Waals surface area contributed by atoms with Crippen LogP contribution in [-0.2, 0) is 0 Å². The van der Waals surface area contributed by atoms with Gasteiger partial charge in [-0.15, -0.1) is 0 Å². The molecule has 2 nitrogen and oxygen atoms in total. The minimum atomic E-state index is -0.421. The zero-order valence-corrected chi connectivity index (χ0v) is 13.7. The van der Waals surface area contributed by atoms with Crippen LogP contribution in [0.1, 0.15) is 17.2 Å². The third kappa shape index (κ3) is 3.36. The molecular weight excluding hydrogens is 364 g/mol. The van der Waals surface area contributed by atoms with Gasteiger partial charge in [0.15, 0.2) is 0 Å². The number of ether oxygens (including phenoxy) is 1. The average molecular weight is 377 g/mol. The molecule has 0 spiro atoms. The minimum absolute atomic E-state index is 0.289. The molecule has 0 aliphatic rings. The van der Waals surface area contributed by atoms with Gasteiger partial charge in [-0.3, -0.25) is 0 Å². The van der Waals surface area contributed by atoms with Gasteiger partial charge >= 0.3 is 0 Å². The van der Waals surface area contributed by atoms with Crippen molar-refractivity contribution in [3.05, 3.63) is 62.6 Å². The van der Waals surface area contributed by atoms with Crippen molar-refractivity contribution >= 4 is 27.5 Å². The SMILES string of the molecule is CNC(c1ccc(F)cc1Cl)c1cc(Br)c(F)cc1OC. The van der Waals surface area contributed by atoms with Crippen molar-refractivity contribution in [2.45, 2.75) is 6.04 Å². The molecule has 2 rings (SSSR count). The smallest absolute Gasteiger partial charge is 0.141 e. The molecule has 0 aromatic heterocycles. The number of benzene rings is 2. The van der Waals surface area contributed by atoms with Crippen LogP contribution in [0.25, 0.3) is 0 Å². The summed E-state index contributed by atoms with van der Waals surface area (Å²) < 4.78 is 32.4. The molecule has 0 amide bonds. The molecule has 0 bridgehead atoms. The highest BCUT2D eigenvalue weighted by molar-refractivity contribution is 9.10. The molecule has 0 heterocycles. The third-order valence-corrected chi connectivity index (χ3v) is 4.08. The van der Waals surface area contributed by atoms with Gasteiger partial charge in [0.1, 0.15) is 17.4 Å². The molecular formula is C15H13BrClF2NO. The van der Waals surface area contributed by atoms with Gasteiger partial charge in [0.2, 0.25) is 0 Å². The van der Waals surface area contributed by atoms with E-state index < -0.39 is 11.6 Å². The van der Waals surface area contributed by atoms with Crippen LogP contribution in [0, 0.1) is 11.6 Å². The Balaban J connectivity index is 2.58. The molecule has 1 N–H and O–H groups in total. The summed E-state index contributed by atoms with van der Waals surface area (Å²) in [4.78, 5) is 0. The van der Waals surface area contributed by atoms with Gasteiger partial charge in [0, 0.05) is 16.7 Å². The fourth-order valence-corrected chi connectivity index (χ4v) is 2.80. The Kier molecular flexibility index (Phi) is 5.19. The van der Waals surface area contributed by atoms with Crippen LogP contribution in [0.3, 0.4) is 0 Å². The normalized spacial score (nSPS) is 12.3. The van der Waals surface area contributed by atoms with E-state index in [1.807, 2.05) is 0 Å². The molecule has 0 aliphatic heterocycles. The first kappa shape index (κ1) is 16.2. The molecule has 1 unspecified atom stereocenters. The third-order valence-electron chi connectivity index (χ3n) is 3.15. The fraction of sp³-hybridized carbons (Fsp3) is 0.200. The second-order valence-electron chi connectivity index (χ2n) is 4.40. The quantitative estimate of drug-likeness (QED) is 0.835. The maximum atomic E-state index is 13.6.